The lowest BCUT2D eigenvalue weighted by Gasteiger charge is -2.21. The predicted octanol–water partition coefficient (Wildman–Crippen LogP) is 7.08. The van der Waals surface area contributed by atoms with E-state index < -0.39 is 46.7 Å². The molecule has 0 atom stereocenters. The van der Waals surface area contributed by atoms with Gasteiger partial charge in [0.2, 0.25) is 0 Å². The third kappa shape index (κ3) is 4.74. The van der Waals surface area contributed by atoms with Crippen molar-refractivity contribution in [2.75, 3.05) is 0 Å². The number of amides is 1. The van der Waals surface area contributed by atoms with E-state index in [2.05, 4.69) is 15.4 Å². The van der Waals surface area contributed by atoms with Crippen LogP contribution in [-0.4, -0.2) is 31.4 Å². The summed E-state index contributed by atoms with van der Waals surface area (Å²) < 4.78 is 110. The smallest absolute Gasteiger partial charge is 0.341 e. The average molecular weight is 610 g/mol. The number of nitrogens with one attached hydrogen (secondary N) is 1. The highest BCUT2D eigenvalue weighted by Gasteiger charge is 2.62. The standard InChI is InChI=1S/C24H16ClF8N5OS/c1-37-11-14(22(26,27)24(31,32)33)17(23(28,29)30)20(37)38-10-12(9-35-38)15-8-13(18(25)40-15)19(39)36-21(5-6-21)16-4-2-3-7-34-16/h2-4,7-11H,5-6H2,1H3,(H,36,39). The fourth-order valence-electron chi connectivity index (χ4n) is 4.29. The fraction of sp³-hybridized carbons (Fsp3) is 0.292. The molecule has 1 fully saturated rings. The summed E-state index contributed by atoms with van der Waals surface area (Å²) in [6.45, 7) is 0. The Kier molecular flexibility index (Phi) is 6.53. The van der Waals surface area contributed by atoms with Crippen molar-refractivity contribution in [1.29, 1.82) is 0 Å². The molecule has 40 heavy (non-hydrogen) atoms. The van der Waals surface area contributed by atoms with Crippen molar-refractivity contribution in [3.8, 4) is 16.3 Å². The van der Waals surface area contributed by atoms with Gasteiger partial charge in [0.25, 0.3) is 5.91 Å². The number of pyridine rings is 1. The van der Waals surface area contributed by atoms with Gasteiger partial charge in [-0.2, -0.15) is 40.2 Å². The van der Waals surface area contributed by atoms with Crippen molar-refractivity contribution >= 4 is 28.8 Å². The summed E-state index contributed by atoms with van der Waals surface area (Å²) in [6, 6.07) is 6.68. The Morgan fingerprint density at radius 1 is 1.10 bits per heavy atom. The van der Waals surface area contributed by atoms with Crippen molar-refractivity contribution in [3.05, 3.63) is 75.8 Å². The molecule has 6 nitrogen and oxygen atoms in total. The highest BCUT2D eigenvalue weighted by Crippen LogP contribution is 2.50. The lowest BCUT2D eigenvalue weighted by atomic mass is 10.1. The lowest BCUT2D eigenvalue weighted by Crippen LogP contribution is -2.35. The Morgan fingerprint density at radius 2 is 1.80 bits per heavy atom. The highest BCUT2D eigenvalue weighted by molar-refractivity contribution is 7.19. The van der Waals surface area contributed by atoms with Crippen molar-refractivity contribution in [1.82, 2.24) is 24.6 Å². The van der Waals surface area contributed by atoms with Crippen LogP contribution in [0.1, 0.15) is 40.0 Å². The minimum Gasteiger partial charge on any atom is -0.341 e. The zero-order valence-corrected chi connectivity index (χ0v) is 21.6. The van der Waals surface area contributed by atoms with Crippen LogP contribution in [0.3, 0.4) is 0 Å². The van der Waals surface area contributed by atoms with Gasteiger partial charge in [-0.05, 0) is 31.0 Å². The van der Waals surface area contributed by atoms with Gasteiger partial charge in [-0.3, -0.25) is 9.78 Å². The molecule has 0 aromatic carbocycles. The number of rotatable bonds is 6. The first-order valence-electron chi connectivity index (χ1n) is 11.4. The molecule has 0 bridgehead atoms. The second-order valence-electron chi connectivity index (χ2n) is 9.15. The SMILES string of the molecule is Cn1cc(C(F)(F)C(F)(F)F)c(C(F)(F)F)c1-n1cc(-c2cc(C(=O)NC3(c4ccccn4)CC3)c(Cl)s2)cn1. The van der Waals surface area contributed by atoms with Gasteiger partial charge in [-0.15, -0.1) is 11.3 Å². The number of carbonyl (C=O) groups is 1. The Bertz CT molecular complexity index is 1580. The minimum atomic E-state index is -6.26. The minimum absolute atomic E-state index is 0.0685. The number of aryl methyl sites for hydroxylation is 1. The first-order valence-corrected chi connectivity index (χ1v) is 12.5. The van der Waals surface area contributed by atoms with E-state index in [1.54, 1.807) is 24.4 Å². The number of halogens is 9. The van der Waals surface area contributed by atoms with E-state index in [-0.39, 0.29) is 21.7 Å². The zero-order chi connectivity index (χ0) is 29.3. The fourth-order valence-corrected chi connectivity index (χ4v) is 5.54. The molecule has 1 saturated carbocycles. The largest absolute Gasteiger partial charge is 0.458 e. The van der Waals surface area contributed by atoms with Gasteiger partial charge in [-0.1, -0.05) is 17.7 Å². The van der Waals surface area contributed by atoms with E-state index in [0.29, 0.717) is 32.7 Å². The van der Waals surface area contributed by atoms with E-state index in [0.717, 1.165) is 30.8 Å². The van der Waals surface area contributed by atoms with Gasteiger partial charge in [0.1, 0.15) is 15.7 Å². The molecule has 4 heterocycles. The molecule has 1 N–H and O–H groups in total. The summed E-state index contributed by atoms with van der Waals surface area (Å²) in [5.74, 6) is -7.34. The molecule has 0 saturated heterocycles. The number of nitrogens with zero attached hydrogens (tertiary/aromatic N) is 4. The maximum atomic E-state index is 14.1. The molecular weight excluding hydrogens is 594 g/mol. The van der Waals surface area contributed by atoms with E-state index in [9.17, 15) is 39.9 Å². The van der Waals surface area contributed by atoms with Crippen molar-refractivity contribution in [2.24, 2.45) is 7.05 Å². The summed E-state index contributed by atoms with van der Waals surface area (Å²) in [7, 11) is 0.891. The van der Waals surface area contributed by atoms with Crippen molar-refractivity contribution in [2.45, 2.75) is 36.7 Å². The van der Waals surface area contributed by atoms with Gasteiger partial charge < -0.3 is 9.88 Å². The molecule has 4 aromatic rings. The molecule has 0 spiro atoms. The molecule has 5 rings (SSSR count). The van der Waals surface area contributed by atoms with Crippen LogP contribution in [0.15, 0.2) is 49.1 Å². The third-order valence-electron chi connectivity index (χ3n) is 6.40. The number of thiophene rings is 1. The van der Waals surface area contributed by atoms with Crippen LogP contribution in [0.5, 0.6) is 0 Å². The quantitative estimate of drug-likeness (QED) is 0.238. The van der Waals surface area contributed by atoms with Crippen LogP contribution < -0.4 is 5.32 Å². The summed E-state index contributed by atoms with van der Waals surface area (Å²) in [5, 5.41) is 6.68. The number of alkyl halides is 8. The summed E-state index contributed by atoms with van der Waals surface area (Å²) in [6.07, 6.45) is -6.76. The predicted molar refractivity (Wildman–Crippen MR) is 128 cm³/mol. The molecule has 1 aliphatic rings. The molecule has 212 valence electrons. The first kappa shape index (κ1) is 28.1. The molecule has 1 amide bonds. The van der Waals surface area contributed by atoms with Crippen LogP contribution in [0.4, 0.5) is 35.1 Å². The third-order valence-corrected chi connectivity index (χ3v) is 7.81. The number of hydrogen-bond acceptors (Lipinski definition) is 4. The van der Waals surface area contributed by atoms with Crippen LogP contribution in [-0.2, 0) is 24.7 Å². The molecule has 0 aliphatic heterocycles. The second-order valence-corrected chi connectivity index (χ2v) is 10.8. The molecule has 16 heteroatoms. The lowest BCUT2D eigenvalue weighted by molar-refractivity contribution is -0.290. The van der Waals surface area contributed by atoms with E-state index in [4.69, 9.17) is 11.6 Å². The van der Waals surface area contributed by atoms with Gasteiger partial charge in [-0.25, -0.2) is 4.68 Å². The van der Waals surface area contributed by atoms with E-state index in [1.165, 1.54) is 6.07 Å². The normalized spacial score (nSPS) is 15.3. The van der Waals surface area contributed by atoms with E-state index >= 15 is 0 Å². The van der Waals surface area contributed by atoms with Gasteiger partial charge in [0.15, 0.2) is 0 Å². The number of hydrogen-bond donors (Lipinski definition) is 1. The number of aromatic nitrogens is 4. The summed E-state index contributed by atoms with van der Waals surface area (Å²) in [5.41, 5.74) is -4.17. The molecule has 0 radical (unpaired) electrons. The van der Waals surface area contributed by atoms with E-state index in [1.807, 2.05) is 0 Å². The molecular formula is C24H16ClF8N5OS. The van der Waals surface area contributed by atoms with Crippen LogP contribution in [0.25, 0.3) is 16.3 Å². The summed E-state index contributed by atoms with van der Waals surface area (Å²) >= 11 is 7.20. The monoisotopic (exact) mass is 609 g/mol. The summed E-state index contributed by atoms with van der Waals surface area (Å²) in [4.78, 5) is 17.6. The molecule has 4 aromatic heterocycles. The Hall–Kier alpha value is -3.46. The van der Waals surface area contributed by atoms with Gasteiger partial charge in [0.05, 0.1) is 28.6 Å². The van der Waals surface area contributed by atoms with Gasteiger partial charge in [0, 0.05) is 36.1 Å². The average Bonchev–Trinajstić information content (AvgIpc) is 3.18. The molecule has 1 aliphatic carbocycles. The Balaban J connectivity index is 1.48. The number of carbonyl (C=O) groups excluding carboxylic acids is 1. The maximum absolute atomic E-state index is 14.1. The van der Waals surface area contributed by atoms with Crippen LogP contribution in [0, 0.1) is 0 Å². The van der Waals surface area contributed by atoms with Crippen LogP contribution >= 0.6 is 22.9 Å². The topological polar surface area (TPSA) is 64.7 Å². The molecule has 0 unspecified atom stereocenters. The second kappa shape index (κ2) is 9.29. The van der Waals surface area contributed by atoms with Crippen molar-refractivity contribution < 1.29 is 39.9 Å². The maximum Gasteiger partial charge on any atom is 0.458 e. The van der Waals surface area contributed by atoms with Gasteiger partial charge >= 0.3 is 18.3 Å². The first-order chi connectivity index (χ1) is 18.5. The Morgan fingerprint density at radius 3 is 2.38 bits per heavy atom. The highest BCUT2D eigenvalue weighted by atomic mass is 35.5. The van der Waals surface area contributed by atoms with Crippen molar-refractivity contribution in [3.63, 3.8) is 0 Å². The zero-order valence-electron chi connectivity index (χ0n) is 20.0. The van der Waals surface area contributed by atoms with Crippen LogP contribution in [0.2, 0.25) is 4.34 Å². The Labute approximate surface area is 229 Å².